The predicted octanol–water partition coefficient (Wildman–Crippen LogP) is 3.43. The van der Waals surface area contributed by atoms with Crippen LogP contribution in [0, 0.1) is 0 Å². The highest BCUT2D eigenvalue weighted by molar-refractivity contribution is 5.90. The van der Waals surface area contributed by atoms with Gasteiger partial charge in [0, 0.05) is 50.2 Å². The molecule has 2 N–H and O–H groups in total. The number of amides is 1. The second-order valence-electron chi connectivity index (χ2n) is 8.06. The van der Waals surface area contributed by atoms with Crippen molar-refractivity contribution in [2.45, 2.75) is 12.8 Å². The second kappa shape index (κ2) is 10.6. The van der Waals surface area contributed by atoms with Gasteiger partial charge in [0.25, 0.3) is 6.43 Å². The zero-order valence-corrected chi connectivity index (χ0v) is 19.3. The molecule has 1 fully saturated rings. The summed E-state index contributed by atoms with van der Waals surface area (Å²) in [6, 6.07) is 12.0. The van der Waals surface area contributed by atoms with Crippen LogP contribution in [0.3, 0.4) is 0 Å². The Kier molecular flexibility index (Phi) is 6.94. The van der Waals surface area contributed by atoms with Gasteiger partial charge in [-0.25, -0.2) is 13.8 Å². The number of pyridine rings is 1. The van der Waals surface area contributed by atoms with Crippen molar-refractivity contribution >= 4 is 34.4 Å². The van der Waals surface area contributed by atoms with Crippen molar-refractivity contribution in [1.82, 2.24) is 24.5 Å². The summed E-state index contributed by atoms with van der Waals surface area (Å²) in [5, 5.41) is 5.85. The Hall–Kier alpha value is -4.19. The van der Waals surface area contributed by atoms with E-state index >= 15 is 0 Å². The molecule has 1 aliphatic rings. The molecule has 3 aromatic heterocycles. The molecule has 0 unspecified atom stereocenters. The van der Waals surface area contributed by atoms with Crippen molar-refractivity contribution in [1.29, 1.82) is 0 Å². The Morgan fingerprint density at radius 3 is 2.56 bits per heavy atom. The largest absolute Gasteiger partial charge is 0.378 e. The lowest BCUT2D eigenvalue weighted by Gasteiger charge is -2.28. The third kappa shape index (κ3) is 5.23. The number of halogens is 2. The summed E-state index contributed by atoms with van der Waals surface area (Å²) >= 11 is 0. The first-order valence-corrected chi connectivity index (χ1v) is 11.5. The number of nitrogens with one attached hydrogen (secondary N) is 2. The number of carbonyl (C=O) groups is 1. The van der Waals surface area contributed by atoms with Gasteiger partial charge in [0.05, 0.1) is 24.2 Å². The standard InChI is InChI=1S/C24H24F2N8O2/c25-22(26)23-30-17-3-1-2-4-18(17)34(23)20-15-19(33-11-13-36-14-12-33)31-24(32-20)28-10-7-21(35)29-16-5-8-27-9-6-16/h1-6,8-9,15,22H,7,10-14H2,(H,27,29,35)(H,28,31,32). The Balaban J connectivity index is 1.43. The molecule has 4 aromatic rings. The molecule has 0 atom stereocenters. The van der Waals surface area contributed by atoms with Gasteiger partial charge in [-0.2, -0.15) is 9.97 Å². The van der Waals surface area contributed by atoms with Gasteiger partial charge in [-0.3, -0.25) is 14.3 Å². The lowest BCUT2D eigenvalue weighted by atomic mass is 10.3. The van der Waals surface area contributed by atoms with Crippen molar-refractivity contribution in [3.8, 4) is 5.82 Å². The van der Waals surface area contributed by atoms with Crippen LogP contribution in [-0.4, -0.2) is 63.3 Å². The lowest BCUT2D eigenvalue weighted by Crippen LogP contribution is -2.37. The molecule has 1 saturated heterocycles. The number of nitrogens with zero attached hydrogens (tertiary/aromatic N) is 6. The Labute approximate surface area is 205 Å². The third-order valence-corrected chi connectivity index (χ3v) is 5.64. The summed E-state index contributed by atoms with van der Waals surface area (Å²) in [6.07, 6.45) is 0.535. The van der Waals surface area contributed by atoms with E-state index < -0.39 is 12.2 Å². The summed E-state index contributed by atoms with van der Waals surface area (Å²) in [6.45, 7) is 2.53. The van der Waals surface area contributed by atoms with Crippen LogP contribution in [0.25, 0.3) is 16.9 Å². The number of fused-ring (bicyclic) bond motifs is 1. The zero-order chi connectivity index (χ0) is 24.9. The number of rotatable bonds is 8. The molecule has 1 amide bonds. The van der Waals surface area contributed by atoms with E-state index in [2.05, 4.69) is 30.6 Å². The van der Waals surface area contributed by atoms with E-state index in [-0.39, 0.29) is 30.6 Å². The zero-order valence-electron chi connectivity index (χ0n) is 19.3. The van der Waals surface area contributed by atoms with Gasteiger partial charge >= 0.3 is 0 Å². The highest BCUT2D eigenvalue weighted by atomic mass is 19.3. The third-order valence-electron chi connectivity index (χ3n) is 5.64. The van der Waals surface area contributed by atoms with Crippen LogP contribution in [0.4, 0.5) is 26.2 Å². The molecule has 5 rings (SSSR count). The molecule has 1 aromatic carbocycles. The summed E-state index contributed by atoms with van der Waals surface area (Å²) in [4.78, 5) is 31.5. The maximum atomic E-state index is 14.0. The van der Waals surface area contributed by atoms with Crippen LogP contribution in [0.2, 0.25) is 0 Å². The van der Waals surface area contributed by atoms with Gasteiger partial charge in [-0.1, -0.05) is 12.1 Å². The first kappa shape index (κ1) is 23.5. The van der Waals surface area contributed by atoms with E-state index in [1.165, 1.54) is 4.57 Å². The number of para-hydroxylation sites is 2. The van der Waals surface area contributed by atoms with Gasteiger partial charge in [0.2, 0.25) is 11.9 Å². The molecule has 10 nitrogen and oxygen atoms in total. The summed E-state index contributed by atoms with van der Waals surface area (Å²) in [5.41, 5.74) is 1.61. The molecule has 36 heavy (non-hydrogen) atoms. The number of alkyl halides is 2. The summed E-state index contributed by atoms with van der Waals surface area (Å²) < 4.78 is 34.7. The second-order valence-corrected chi connectivity index (χ2v) is 8.06. The highest BCUT2D eigenvalue weighted by Gasteiger charge is 2.23. The van der Waals surface area contributed by atoms with Gasteiger partial charge in [0.1, 0.15) is 11.6 Å². The number of carbonyl (C=O) groups excluding carboxylic acids is 1. The Morgan fingerprint density at radius 2 is 1.78 bits per heavy atom. The molecule has 186 valence electrons. The molecule has 12 heteroatoms. The number of ether oxygens (including phenoxy) is 1. The van der Waals surface area contributed by atoms with Crippen LogP contribution in [0.15, 0.2) is 54.9 Å². The SMILES string of the molecule is O=C(CCNc1nc(N2CCOCC2)cc(-n2c(C(F)F)nc3ccccc32)n1)Nc1ccncc1. The van der Waals surface area contributed by atoms with Gasteiger partial charge < -0.3 is 20.3 Å². The number of anilines is 3. The minimum atomic E-state index is -2.80. The van der Waals surface area contributed by atoms with Crippen LogP contribution >= 0.6 is 0 Å². The highest BCUT2D eigenvalue weighted by Crippen LogP contribution is 2.29. The first-order chi connectivity index (χ1) is 17.6. The van der Waals surface area contributed by atoms with Crippen molar-refractivity contribution in [2.24, 2.45) is 0 Å². The quantitative estimate of drug-likeness (QED) is 0.384. The normalized spacial score (nSPS) is 13.8. The fourth-order valence-electron chi connectivity index (χ4n) is 3.95. The average molecular weight is 495 g/mol. The predicted molar refractivity (Wildman–Crippen MR) is 131 cm³/mol. The summed E-state index contributed by atoms with van der Waals surface area (Å²) in [5.74, 6) is 0.470. The maximum absolute atomic E-state index is 14.0. The number of hydrogen-bond donors (Lipinski definition) is 2. The minimum absolute atomic E-state index is 0.152. The van der Waals surface area contributed by atoms with Crippen LogP contribution in [-0.2, 0) is 9.53 Å². The van der Waals surface area contributed by atoms with Gasteiger partial charge in [-0.15, -0.1) is 0 Å². The number of morpholine rings is 1. The molecule has 0 aliphatic carbocycles. The molecule has 4 heterocycles. The van der Waals surface area contributed by atoms with Gasteiger partial charge in [-0.05, 0) is 24.3 Å². The molecular weight excluding hydrogens is 470 g/mol. The molecule has 0 bridgehead atoms. The van der Waals surface area contributed by atoms with Crippen molar-refractivity contribution in [3.63, 3.8) is 0 Å². The van der Waals surface area contributed by atoms with Crippen molar-refractivity contribution < 1.29 is 18.3 Å². The lowest BCUT2D eigenvalue weighted by molar-refractivity contribution is -0.115. The van der Waals surface area contributed by atoms with E-state index in [9.17, 15) is 13.6 Å². The Morgan fingerprint density at radius 1 is 1.03 bits per heavy atom. The smallest absolute Gasteiger partial charge is 0.296 e. The van der Waals surface area contributed by atoms with E-state index in [1.54, 1.807) is 54.9 Å². The van der Waals surface area contributed by atoms with Gasteiger partial charge in [0.15, 0.2) is 5.82 Å². The molecular formula is C24H24F2N8O2. The van der Waals surface area contributed by atoms with E-state index in [4.69, 9.17) is 4.74 Å². The summed E-state index contributed by atoms with van der Waals surface area (Å²) in [7, 11) is 0. The average Bonchev–Trinajstić information content (AvgIpc) is 3.30. The van der Waals surface area contributed by atoms with E-state index in [0.717, 1.165) is 0 Å². The van der Waals surface area contributed by atoms with E-state index in [1.807, 2.05) is 4.90 Å². The minimum Gasteiger partial charge on any atom is -0.378 e. The van der Waals surface area contributed by atoms with Crippen molar-refractivity contribution in [2.75, 3.05) is 48.4 Å². The fraction of sp³-hybridized carbons (Fsp3) is 0.292. The number of aromatic nitrogens is 5. The fourth-order valence-corrected chi connectivity index (χ4v) is 3.95. The van der Waals surface area contributed by atoms with E-state index in [0.29, 0.717) is 48.8 Å². The molecule has 0 radical (unpaired) electrons. The number of hydrogen-bond acceptors (Lipinski definition) is 8. The number of imidazole rings is 1. The molecule has 0 spiro atoms. The monoisotopic (exact) mass is 494 g/mol. The molecule has 0 saturated carbocycles. The first-order valence-electron chi connectivity index (χ1n) is 11.5. The Bertz CT molecular complexity index is 1340. The topological polar surface area (TPSA) is 110 Å². The molecule has 1 aliphatic heterocycles. The van der Waals surface area contributed by atoms with Crippen LogP contribution in [0.1, 0.15) is 18.7 Å². The van der Waals surface area contributed by atoms with Crippen LogP contribution in [0.5, 0.6) is 0 Å². The van der Waals surface area contributed by atoms with Crippen LogP contribution < -0.4 is 15.5 Å². The maximum Gasteiger partial charge on any atom is 0.296 e. The number of benzene rings is 1. The van der Waals surface area contributed by atoms with Crippen molar-refractivity contribution in [3.05, 3.63) is 60.7 Å².